The molecule has 3 nitrogen and oxygen atoms in total. The summed E-state index contributed by atoms with van der Waals surface area (Å²) in [5, 5.41) is 2.56. The average Bonchev–Trinajstić information content (AvgIpc) is 2.01. The number of amides is 1. The molecule has 0 saturated heterocycles. The van der Waals surface area contributed by atoms with E-state index in [0.717, 1.165) is 0 Å². The van der Waals surface area contributed by atoms with Crippen molar-refractivity contribution in [3.63, 3.8) is 0 Å². The molecule has 1 aromatic rings. The van der Waals surface area contributed by atoms with Crippen molar-refractivity contribution in [2.45, 2.75) is 19.4 Å². The van der Waals surface area contributed by atoms with Gasteiger partial charge in [-0.3, -0.25) is 4.79 Å². The second-order valence-electron chi connectivity index (χ2n) is 3.24. The third kappa shape index (κ3) is 3.53. The van der Waals surface area contributed by atoms with Crippen LogP contribution in [0.15, 0.2) is 24.3 Å². The van der Waals surface area contributed by atoms with Gasteiger partial charge >= 0.3 is 0 Å². The highest BCUT2D eigenvalue weighted by atomic mass is 19.1. The van der Waals surface area contributed by atoms with Crippen LogP contribution in [0.4, 0.5) is 10.1 Å². The molecule has 1 unspecified atom stereocenters. The van der Waals surface area contributed by atoms with E-state index in [-0.39, 0.29) is 24.2 Å². The molecule has 0 bridgehead atoms. The second kappa shape index (κ2) is 4.72. The fraction of sp³-hybridized carbons (Fsp3) is 0.300. The molecule has 3 N–H and O–H groups in total. The second-order valence-corrected chi connectivity index (χ2v) is 3.24. The van der Waals surface area contributed by atoms with Crippen molar-refractivity contribution in [2.24, 2.45) is 5.73 Å². The lowest BCUT2D eigenvalue weighted by Gasteiger charge is -2.06. The molecule has 0 radical (unpaired) electrons. The molecule has 76 valence electrons. The lowest BCUT2D eigenvalue weighted by molar-refractivity contribution is -0.116. The minimum atomic E-state index is -0.372. The number of carbonyl (C=O) groups is 1. The number of carbonyl (C=O) groups excluding carboxylic acids is 1. The van der Waals surface area contributed by atoms with Gasteiger partial charge in [0.2, 0.25) is 5.91 Å². The summed E-state index contributed by atoms with van der Waals surface area (Å²) >= 11 is 0. The Labute approximate surface area is 82.1 Å². The molecule has 0 spiro atoms. The quantitative estimate of drug-likeness (QED) is 0.769. The van der Waals surface area contributed by atoms with Gasteiger partial charge in [0.25, 0.3) is 0 Å². The fourth-order valence-electron chi connectivity index (χ4n) is 1.07. The van der Waals surface area contributed by atoms with Gasteiger partial charge in [0.1, 0.15) is 5.82 Å². The van der Waals surface area contributed by atoms with E-state index in [1.165, 1.54) is 18.2 Å². The fourth-order valence-corrected chi connectivity index (χ4v) is 1.07. The topological polar surface area (TPSA) is 55.1 Å². The van der Waals surface area contributed by atoms with Gasteiger partial charge in [0.05, 0.1) is 0 Å². The Morgan fingerprint density at radius 3 is 2.93 bits per heavy atom. The van der Waals surface area contributed by atoms with Crippen molar-refractivity contribution in [1.82, 2.24) is 0 Å². The van der Waals surface area contributed by atoms with Crippen LogP contribution in [0, 0.1) is 5.82 Å². The van der Waals surface area contributed by atoms with Gasteiger partial charge in [-0.1, -0.05) is 6.07 Å². The third-order valence-electron chi connectivity index (χ3n) is 1.62. The maximum atomic E-state index is 12.7. The van der Waals surface area contributed by atoms with Crippen LogP contribution in [0.1, 0.15) is 13.3 Å². The number of nitrogens with two attached hydrogens (primary N) is 1. The monoisotopic (exact) mass is 196 g/mol. The summed E-state index contributed by atoms with van der Waals surface area (Å²) in [6.45, 7) is 1.74. The molecule has 0 saturated carbocycles. The first-order valence-corrected chi connectivity index (χ1v) is 4.39. The van der Waals surface area contributed by atoms with Crippen molar-refractivity contribution in [3.8, 4) is 0 Å². The van der Waals surface area contributed by atoms with E-state index in [1.807, 2.05) is 0 Å². The molecule has 14 heavy (non-hydrogen) atoms. The van der Waals surface area contributed by atoms with Gasteiger partial charge in [-0.05, 0) is 25.1 Å². The van der Waals surface area contributed by atoms with Gasteiger partial charge in [0, 0.05) is 18.2 Å². The van der Waals surface area contributed by atoms with E-state index in [4.69, 9.17) is 5.73 Å². The molecule has 4 heteroatoms. The largest absolute Gasteiger partial charge is 0.327 e. The zero-order chi connectivity index (χ0) is 10.6. The van der Waals surface area contributed by atoms with Gasteiger partial charge < -0.3 is 11.1 Å². The molecule has 0 aromatic heterocycles. The first-order valence-electron chi connectivity index (χ1n) is 4.39. The van der Waals surface area contributed by atoms with Gasteiger partial charge in [-0.2, -0.15) is 0 Å². The highest BCUT2D eigenvalue weighted by molar-refractivity contribution is 5.90. The van der Waals surface area contributed by atoms with Crippen LogP contribution in [-0.2, 0) is 4.79 Å². The Morgan fingerprint density at radius 2 is 2.36 bits per heavy atom. The Kier molecular flexibility index (Phi) is 3.59. The van der Waals surface area contributed by atoms with Gasteiger partial charge in [0.15, 0.2) is 0 Å². The number of nitrogens with one attached hydrogen (secondary N) is 1. The molecular formula is C10H13FN2O. The smallest absolute Gasteiger partial charge is 0.225 e. The summed E-state index contributed by atoms with van der Waals surface area (Å²) in [4.78, 5) is 11.2. The van der Waals surface area contributed by atoms with E-state index < -0.39 is 0 Å². The Bertz CT molecular complexity index is 326. The highest BCUT2D eigenvalue weighted by Crippen LogP contribution is 2.09. The summed E-state index contributed by atoms with van der Waals surface area (Å²) < 4.78 is 12.7. The average molecular weight is 196 g/mol. The molecule has 1 amide bonds. The molecule has 0 aliphatic carbocycles. The molecule has 1 rings (SSSR count). The summed E-state index contributed by atoms with van der Waals surface area (Å²) in [6, 6.07) is 5.56. The maximum absolute atomic E-state index is 12.7. The Hall–Kier alpha value is -1.42. The molecule has 1 atom stereocenters. The van der Waals surface area contributed by atoms with Crippen LogP contribution in [0.3, 0.4) is 0 Å². The van der Waals surface area contributed by atoms with Crippen LogP contribution in [0.5, 0.6) is 0 Å². The predicted octanol–water partition coefficient (Wildman–Crippen LogP) is 1.50. The zero-order valence-electron chi connectivity index (χ0n) is 7.96. The normalized spacial score (nSPS) is 12.2. The van der Waals surface area contributed by atoms with E-state index >= 15 is 0 Å². The predicted molar refractivity (Wildman–Crippen MR) is 53.3 cm³/mol. The summed E-state index contributed by atoms with van der Waals surface area (Å²) in [7, 11) is 0. The number of halogens is 1. The van der Waals surface area contributed by atoms with Crippen molar-refractivity contribution in [3.05, 3.63) is 30.1 Å². The van der Waals surface area contributed by atoms with Crippen LogP contribution in [0.2, 0.25) is 0 Å². The standard InChI is InChI=1S/C10H13FN2O/c1-7(12)5-10(14)13-9-4-2-3-8(11)6-9/h2-4,6-7H,5,12H2,1H3,(H,13,14). The Balaban J connectivity index is 2.56. The van der Waals surface area contributed by atoms with E-state index in [2.05, 4.69) is 5.32 Å². The summed E-state index contributed by atoms with van der Waals surface area (Å²) in [5.41, 5.74) is 5.90. The molecule has 0 heterocycles. The Morgan fingerprint density at radius 1 is 1.64 bits per heavy atom. The molecule has 0 aliphatic heterocycles. The van der Waals surface area contributed by atoms with Crippen molar-refractivity contribution < 1.29 is 9.18 Å². The van der Waals surface area contributed by atoms with Crippen molar-refractivity contribution >= 4 is 11.6 Å². The van der Waals surface area contributed by atoms with Crippen LogP contribution in [0.25, 0.3) is 0 Å². The number of rotatable bonds is 3. The molecular weight excluding hydrogens is 183 g/mol. The molecule has 0 fully saturated rings. The van der Waals surface area contributed by atoms with E-state index in [1.54, 1.807) is 13.0 Å². The minimum absolute atomic E-state index is 0.191. The lowest BCUT2D eigenvalue weighted by atomic mass is 10.2. The SMILES string of the molecule is CC(N)CC(=O)Nc1cccc(F)c1. The maximum Gasteiger partial charge on any atom is 0.225 e. The zero-order valence-corrected chi connectivity index (χ0v) is 7.96. The van der Waals surface area contributed by atoms with E-state index in [0.29, 0.717) is 5.69 Å². The van der Waals surface area contributed by atoms with Crippen LogP contribution >= 0.6 is 0 Å². The summed E-state index contributed by atoms with van der Waals surface area (Å²) in [6.07, 6.45) is 0.233. The van der Waals surface area contributed by atoms with Crippen LogP contribution < -0.4 is 11.1 Å². The van der Waals surface area contributed by atoms with E-state index in [9.17, 15) is 9.18 Å². The first-order chi connectivity index (χ1) is 6.58. The number of hydrogen-bond acceptors (Lipinski definition) is 2. The third-order valence-corrected chi connectivity index (χ3v) is 1.62. The molecule has 0 aliphatic rings. The number of anilines is 1. The highest BCUT2D eigenvalue weighted by Gasteiger charge is 2.05. The van der Waals surface area contributed by atoms with Gasteiger partial charge in [-0.15, -0.1) is 0 Å². The first kappa shape index (κ1) is 10.7. The number of hydrogen-bond donors (Lipinski definition) is 2. The minimum Gasteiger partial charge on any atom is -0.327 e. The molecule has 1 aromatic carbocycles. The van der Waals surface area contributed by atoms with Crippen molar-refractivity contribution in [2.75, 3.05) is 5.32 Å². The van der Waals surface area contributed by atoms with Crippen LogP contribution in [-0.4, -0.2) is 11.9 Å². The summed E-state index contributed by atoms with van der Waals surface area (Å²) in [5.74, 6) is -0.575. The lowest BCUT2D eigenvalue weighted by Crippen LogP contribution is -2.23. The van der Waals surface area contributed by atoms with Gasteiger partial charge in [-0.25, -0.2) is 4.39 Å². The van der Waals surface area contributed by atoms with Crippen molar-refractivity contribution in [1.29, 1.82) is 0 Å². The number of benzene rings is 1.